The van der Waals surface area contributed by atoms with Gasteiger partial charge in [-0.25, -0.2) is 4.99 Å². The number of rotatable bonds is 4. The minimum Gasteiger partial charge on any atom is -0.457 e. The number of aryl methyl sites for hydroxylation is 1. The van der Waals surface area contributed by atoms with E-state index >= 15 is 0 Å². The molecule has 0 radical (unpaired) electrons. The summed E-state index contributed by atoms with van der Waals surface area (Å²) in [4.78, 5) is 4.92. The van der Waals surface area contributed by atoms with Crippen molar-refractivity contribution in [3.8, 4) is 22.8 Å². The first kappa shape index (κ1) is 20.1. The Kier molecular flexibility index (Phi) is 5.49. The minimum absolute atomic E-state index is 0.635. The summed E-state index contributed by atoms with van der Waals surface area (Å²) in [6.07, 6.45) is 0. The van der Waals surface area contributed by atoms with Crippen molar-refractivity contribution in [3.63, 3.8) is 0 Å². The van der Waals surface area contributed by atoms with E-state index in [9.17, 15) is 0 Å². The Hall–Kier alpha value is -3.82. The average Bonchev–Trinajstić information content (AvgIpc) is 2.81. The molecule has 0 aliphatic heterocycles. The molecule has 0 atom stereocenters. The largest absolute Gasteiger partial charge is 0.457 e. The van der Waals surface area contributed by atoms with Gasteiger partial charge in [-0.2, -0.15) is 0 Å². The molecule has 0 aliphatic carbocycles. The van der Waals surface area contributed by atoms with Crippen molar-refractivity contribution in [2.24, 2.45) is 4.99 Å². The van der Waals surface area contributed by atoms with E-state index in [4.69, 9.17) is 25.7 Å². The van der Waals surface area contributed by atoms with E-state index in [0.717, 1.165) is 44.6 Å². The zero-order valence-electron chi connectivity index (χ0n) is 17.5. The lowest BCUT2D eigenvalue weighted by atomic mass is 10.1. The molecule has 32 heavy (non-hydrogen) atoms. The Bertz CT molecular complexity index is 1460. The molecule has 0 saturated heterocycles. The Labute approximate surface area is 191 Å². The molecule has 156 valence electrons. The molecule has 5 rings (SSSR count). The van der Waals surface area contributed by atoms with Crippen molar-refractivity contribution in [3.05, 3.63) is 119 Å². The Morgan fingerprint density at radius 1 is 0.750 bits per heavy atom. The maximum absolute atomic E-state index is 6.43. The summed E-state index contributed by atoms with van der Waals surface area (Å²) < 4.78 is 12.1. The third-order valence-electron chi connectivity index (χ3n) is 5.10. The van der Waals surface area contributed by atoms with Crippen LogP contribution in [0.5, 0.6) is 11.5 Å². The van der Waals surface area contributed by atoms with Crippen LogP contribution in [0.25, 0.3) is 22.3 Å². The molecule has 1 aromatic heterocycles. The van der Waals surface area contributed by atoms with E-state index in [1.807, 2.05) is 97.1 Å². The van der Waals surface area contributed by atoms with Gasteiger partial charge < -0.3 is 9.15 Å². The molecular formula is C28H20ClNO2. The van der Waals surface area contributed by atoms with Gasteiger partial charge in [0.05, 0.1) is 16.1 Å². The lowest BCUT2D eigenvalue weighted by Crippen LogP contribution is -2.03. The molecule has 0 N–H and O–H groups in total. The first-order valence-electron chi connectivity index (χ1n) is 10.3. The summed E-state index contributed by atoms with van der Waals surface area (Å²) in [5.74, 6) is 2.23. The smallest absolute Gasteiger partial charge is 0.138 e. The van der Waals surface area contributed by atoms with E-state index in [1.54, 1.807) is 0 Å². The first-order valence-corrected chi connectivity index (χ1v) is 10.7. The zero-order chi connectivity index (χ0) is 21.9. The van der Waals surface area contributed by atoms with E-state index in [-0.39, 0.29) is 0 Å². The normalized spacial score (nSPS) is 11.6. The molecule has 0 saturated carbocycles. The lowest BCUT2D eigenvalue weighted by molar-refractivity contribution is 0.483. The summed E-state index contributed by atoms with van der Waals surface area (Å²) in [7, 11) is 0. The number of benzene rings is 4. The van der Waals surface area contributed by atoms with Gasteiger partial charge in [-0.15, -0.1) is 0 Å². The van der Waals surface area contributed by atoms with Crippen molar-refractivity contribution < 1.29 is 9.15 Å². The first-order chi connectivity index (χ1) is 15.7. The number of fused-ring (bicyclic) bond motifs is 1. The van der Waals surface area contributed by atoms with Crippen molar-refractivity contribution in [1.29, 1.82) is 0 Å². The van der Waals surface area contributed by atoms with Gasteiger partial charge in [0.2, 0.25) is 0 Å². The molecule has 4 heteroatoms. The van der Waals surface area contributed by atoms with Crippen molar-refractivity contribution in [2.75, 3.05) is 0 Å². The molecule has 5 aromatic rings. The van der Waals surface area contributed by atoms with Crippen LogP contribution < -0.4 is 10.1 Å². The SMILES string of the molecule is Cc1ccc2oc(-c3ccccc3Cl)cc(=Nc3ccc(Oc4ccccc4)cc3)c2c1. The molecule has 0 bridgehead atoms. The molecule has 0 unspecified atom stereocenters. The topological polar surface area (TPSA) is 34.7 Å². The number of ether oxygens (including phenoxy) is 1. The van der Waals surface area contributed by atoms with Crippen molar-refractivity contribution >= 4 is 28.3 Å². The number of halogens is 1. The predicted octanol–water partition coefficient (Wildman–Crippen LogP) is 8.09. The van der Waals surface area contributed by atoms with E-state index in [2.05, 4.69) is 13.0 Å². The highest BCUT2D eigenvalue weighted by molar-refractivity contribution is 6.33. The second-order valence-electron chi connectivity index (χ2n) is 7.50. The maximum Gasteiger partial charge on any atom is 0.138 e. The fraction of sp³-hybridized carbons (Fsp3) is 0.0357. The van der Waals surface area contributed by atoms with Crippen LogP contribution in [0.15, 0.2) is 113 Å². The highest BCUT2D eigenvalue weighted by Crippen LogP contribution is 2.29. The third kappa shape index (κ3) is 4.29. The minimum atomic E-state index is 0.635. The number of nitrogens with zero attached hydrogens (tertiary/aromatic N) is 1. The summed E-state index contributed by atoms with van der Waals surface area (Å²) in [6.45, 7) is 2.06. The fourth-order valence-corrected chi connectivity index (χ4v) is 3.75. The Balaban J connectivity index is 1.59. The highest BCUT2D eigenvalue weighted by atomic mass is 35.5. The monoisotopic (exact) mass is 437 g/mol. The van der Waals surface area contributed by atoms with Crippen LogP contribution in [-0.2, 0) is 0 Å². The van der Waals surface area contributed by atoms with Gasteiger partial charge in [-0.1, -0.05) is 53.6 Å². The van der Waals surface area contributed by atoms with E-state index in [0.29, 0.717) is 10.8 Å². The molecule has 0 amide bonds. The molecule has 0 aliphatic rings. The summed E-state index contributed by atoms with van der Waals surface area (Å²) in [5, 5.41) is 2.41. The van der Waals surface area contributed by atoms with Crippen LogP contribution in [0.1, 0.15) is 5.56 Å². The number of hydrogen-bond acceptors (Lipinski definition) is 3. The zero-order valence-corrected chi connectivity index (χ0v) is 18.2. The highest BCUT2D eigenvalue weighted by Gasteiger charge is 2.09. The molecule has 3 nitrogen and oxygen atoms in total. The molecule has 0 spiro atoms. The van der Waals surface area contributed by atoms with Crippen LogP contribution in [-0.4, -0.2) is 0 Å². The quantitative estimate of drug-likeness (QED) is 0.284. The molecule has 0 fully saturated rings. The van der Waals surface area contributed by atoms with Crippen LogP contribution >= 0.6 is 11.6 Å². The van der Waals surface area contributed by atoms with Gasteiger partial charge in [0.25, 0.3) is 0 Å². The Morgan fingerprint density at radius 2 is 1.47 bits per heavy atom. The number of hydrogen-bond donors (Lipinski definition) is 0. The summed E-state index contributed by atoms with van der Waals surface area (Å²) in [6, 6.07) is 33.1. The predicted molar refractivity (Wildman–Crippen MR) is 130 cm³/mol. The summed E-state index contributed by atoms with van der Waals surface area (Å²) >= 11 is 6.43. The van der Waals surface area contributed by atoms with Crippen LogP contribution in [0.4, 0.5) is 5.69 Å². The van der Waals surface area contributed by atoms with E-state index in [1.165, 1.54) is 0 Å². The van der Waals surface area contributed by atoms with Gasteiger partial charge in [0.15, 0.2) is 0 Å². The fourth-order valence-electron chi connectivity index (χ4n) is 3.52. The Morgan fingerprint density at radius 3 is 2.25 bits per heavy atom. The number of para-hydroxylation sites is 1. The second kappa shape index (κ2) is 8.74. The maximum atomic E-state index is 6.43. The molecular weight excluding hydrogens is 418 g/mol. The van der Waals surface area contributed by atoms with Crippen LogP contribution in [0, 0.1) is 6.92 Å². The lowest BCUT2D eigenvalue weighted by Gasteiger charge is -2.08. The second-order valence-corrected chi connectivity index (χ2v) is 7.90. The summed E-state index contributed by atoms with van der Waals surface area (Å²) in [5.41, 5.74) is 3.56. The molecule has 4 aromatic carbocycles. The van der Waals surface area contributed by atoms with Gasteiger partial charge >= 0.3 is 0 Å². The van der Waals surface area contributed by atoms with Crippen LogP contribution in [0.3, 0.4) is 0 Å². The molecule has 1 heterocycles. The third-order valence-corrected chi connectivity index (χ3v) is 5.43. The van der Waals surface area contributed by atoms with Gasteiger partial charge in [-0.3, -0.25) is 0 Å². The van der Waals surface area contributed by atoms with Gasteiger partial charge in [-0.05, 0) is 67.6 Å². The van der Waals surface area contributed by atoms with Crippen molar-refractivity contribution in [2.45, 2.75) is 6.92 Å². The standard InChI is InChI=1S/C28H20ClNO2/c1-19-11-16-27-24(17-19)26(18-28(32-27)23-9-5-6-10-25(23)29)30-20-12-14-22(15-13-20)31-21-7-3-2-4-8-21/h2-18H,1H3. The van der Waals surface area contributed by atoms with E-state index < -0.39 is 0 Å². The average molecular weight is 438 g/mol. The van der Waals surface area contributed by atoms with Crippen molar-refractivity contribution in [1.82, 2.24) is 0 Å². The van der Waals surface area contributed by atoms with Gasteiger partial charge in [0.1, 0.15) is 22.8 Å². The van der Waals surface area contributed by atoms with Gasteiger partial charge in [0, 0.05) is 17.0 Å². The van der Waals surface area contributed by atoms with Crippen LogP contribution in [0.2, 0.25) is 5.02 Å².